The zero-order valence-corrected chi connectivity index (χ0v) is 9.51. The molecule has 1 heterocycles. The molecule has 1 rings (SSSR count). The second-order valence-corrected chi connectivity index (χ2v) is 3.86. The third kappa shape index (κ3) is 4.40. The zero-order valence-electron chi connectivity index (χ0n) is 8.69. The summed E-state index contributed by atoms with van der Waals surface area (Å²) in [5.41, 5.74) is 5.40. The highest BCUT2D eigenvalue weighted by Gasteiger charge is 2.04. The molecule has 0 aliphatic heterocycles. The van der Waals surface area contributed by atoms with Crippen molar-refractivity contribution in [1.29, 1.82) is 0 Å². The van der Waals surface area contributed by atoms with E-state index < -0.39 is 0 Å². The van der Waals surface area contributed by atoms with Crippen LogP contribution in [0.25, 0.3) is 0 Å². The molecule has 1 aromatic heterocycles. The molecule has 0 bridgehead atoms. The average molecular weight is 229 g/mol. The summed E-state index contributed by atoms with van der Waals surface area (Å²) in [6.07, 6.45) is 0. The second kappa shape index (κ2) is 6.53. The molecular weight excluding hydrogens is 214 g/mol. The van der Waals surface area contributed by atoms with Crippen molar-refractivity contribution >= 4 is 17.7 Å². The van der Waals surface area contributed by atoms with Gasteiger partial charge in [-0.1, -0.05) is 0 Å². The number of carbonyl (C=O) groups is 1. The van der Waals surface area contributed by atoms with Gasteiger partial charge in [0, 0.05) is 0 Å². The molecule has 15 heavy (non-hydrogen) atoms. The van der Waals surface area contributed by atoms with Crippen LogP contribution >= 0.6 is 11.8 Å². The summed E-state index contributed by atoms with van der Waals surface area (Å²) in [5.74, 6) is 2.44. The van der Waals surface area contributed by atoms with Gasteiger partial charge in [0.05, 0.1) is 24.7 Å². The highest BCUT2D eigenvalue weighted by molar-refractivity contribution is 7.99. The third-order valence-electron chi connectivity index (χ3n) is 1.69. The summed E-state index contributed by atoms with van der Waals surface area (Å²) in [4.78, 5) is 11.0. The van der Waals surface area contributed by atoms with Gasteiger partial charge in [0.15, 0.2) is 0 Å². The minimum absolute atomic E-state index is 0.187. The van der Waals surface area contributed by atoms with E-state index in [-0.39, 0.29) is 5.97 Å². The molecule has 84 valence electrons. The molecule has 0 atom stereocenters. The lowest BCUT2D eigenvalue weighted by Crippen LogP contribution is -2.06. The highest BCUT2D eigenvalue weighted by Crippen LogP contribution is 2.15. The van der Waals surface area contributed by atoms with Crippen molar-refractivity contribution in [2.75, 3.05) is 12.4 Å². The number of nitrogens with two attached hydrogens (primary N) is 1. The van der Waals surface area contributed by atoms with Crippen LogP contribution in [0.2, 0.25) is 0 Å². The van der Waals surface area contributed by atoms with Crippen LogP contribution < -0.4 is 5.73 Å². The van der Waals surface area contributed by atoms with Gasteiger partial charge in [-0.25, -0.2) is 0 Å². The monoisotopic (exact) mass is 229 g/mol. The van der Waals surface area contributed by atoms with Crippen molar-refractivity contribution in [2.45, 2.75) is 19.2 Å². The molecular formula is C10H15NO3S. The third-order valence-corrected chi connectivity index (χ3v) is 2.62. The summed E-state index contributed by atoms with van der Waals surface area (Å²) in [7, 11) is 0. The van der Waals surface area contributed by atoms with Crippen LogP contribution in [0.5, 0.6) is 0 Å². The summed E-state index contributed by atoms with van der Waals surface area (Å²) < 4.78 is 10.2. The number of hydrogen-bond donors (Lipinski definition) is 1. The quantitative estimate of drug-likeness (QED) is 0.749. The molecule has 0 aliphatic carbocycles. The average Bonchev–Trinajstić information content (AvgIpc) is 2.66. The van der Waals surface area contributed by atoms with Crippen molar-refractivity contribution in [3.05, 3.63) is 23.7 Å². The van der Waals surface area contributed by atoms with Gasteiger partial charge in [-0.05, 0) is 19.1 Å². The fourth-order valence-corrected chi connectivity index (χ4v) is 1.76. The normalized spacial score (nSPS) is 10.3. The maximum atomic E-state index is 11.0. The van der Waals surface area contributed by atoms with Crippen molar-refractivity contribution < 1.29 is 13.9 Å². The van der Waals surface area contributed by atoms with E-state index in [9.17, 15) is 4.79 Å². The van der Waals surface area contributed by atoms with Gasteiger partial charge >= 0.3 is 5.97 Å². The van der Waals surface area contributed by atoms with Gasteiger partial charge < -0.3 is 14.9 Å². The van der Waals surface area contributed by atoms with E-state index in [1.165, 1.54) is 11.8 Å². The minimum Gasteiger partial charge on any atom is -0.465 e. The lowest BCUT2D eigenvalue weighted by atomic mass is 10.4. The fourth-order valence-electron chi connectivity index (χ4n) is 1.05. The minimum atomic E-state index is -0.187. The summed E-state index contributed by atoms with van der Waals surface area (Å²) in [6.45, 7) is 2.63. The van der Waals surface area contributed by atoms with Crippen LogP contribution in [0.3, 0.4) is 0 Å². The molecule has 0 radical (unpaired) electrons. The number of esters is 1. The molecule has 0 amide bonds. The maximum absolute atomic E-state index is 11.0. The van der Waals surface area contributed by atoms with Gasteiger partial charge in [-0.3, -0.25) is 4.79 Å². The van der Waals surface area contributed by atoms with Gasteiger partial charge in [0.1, 0.15) is 11.5 Å². The summed E-state index contributed by atoms with van der Waals surface area (Å²) in [5, 5.41) is 0. The molecule has 0 aliphatic rings. The SMILES string of the molecule is CCOC(=O)CSCc1ccc(CN)o1. The van der Waals surface area contributed by atoms with E-state index in [1.807, 2.05) is 12.1 Å². The first-order chi connectivity index (χ1) is 7.26. The van der Waals surface area contributed by atoms with E-state index in [0.717, 1.165) is 11.5 Å². The zero-order chi connectivity index (χ0) is 11.1. The Morgan fingerprint density at radius 1 is 1.53 bits per heavy atom. The molecule has 0 saturated carbocycles. The molecule has 0 saturated heterocycles. The first kappa shape index (κ1) is 12.1. The van der Waals surface area contributed by atoms with Crippen molar-refractivity contribution in [2.24, 2.45) is 5.73 Å². The number of carbonyl (C=O) groups excluding carboxylic acids is 1. The van der Waals surface area contributed by atoms with E-state index >= 15 is 0 Å². The Kier molecular flexibility index (Phi) is 5.28. The van der Waals surface area contributed by atoms with Crippen LogP contribution in [0, 0.1) is 0 Å². The Morgan fingerprint density at radius 2 is 2.27 bits per heavy atom. The number of rotatable bonds is 6. The Balaban J connectivity index is 2.22. The number of hydrogen-bond acceptors (Lipinski definition) is 5. The molecule has 5 heteroatoms. The van der Waals surface area contributed by atoms with E-state index in [0.29, 0.717) is 24.7 Å². The highest BCUT2D eigenvalue weighted by atomic mass is 32.2. The largest absolute Gasteiger partial charge is 0.465 e. The van der Waals surface area contributed by atoms with E-state index in [2.05, 4.69) is 0 Å². The Morgan fingerprint density at radius 3 is 2.87 bits per heavy atom. The molecule has 0 unspecified atom stereocenters. The van der Waals surface area contributed by atoms with Gasteiger partial charge in [0.25, 0.3) is 0 Å². The first-order valence-corrected chi connectivity index (χ1v) is 5.92. The molecule has 4 nitrogen and oxygen atoms in total. The molecule has 0 spiro atoms. The predicted molar refractivity (Wildman–Crippen MR) is 59.4 cm³/mol. The lowest BCUT2D eigenvalue weighted by molar-refractivity contribution is -0.139. The smallest absolute Gasteiger partial charge is 0.315 e. The molecule has 2 N–H and O–H groups in total. The van der Waals surface area contributed by atoms with Crippen molar-refractivity contribution in [3.8, 4) is 0 Å². The maximum Gasteiger partial charge on any atom is 0.315 e. The Labute approximate surface area is 93.2 Å². The number of furan rings is 1. The fraction of sp³-hybridized carbons (Fsp3) is 0.500. The molecule has 1 aromatic rings. The predicted octanol–water partition coefficient (Wildman–Crippen LogP) is 1.53. The first-order valence-electron chi connectivity index (χ1n) is 4.77. The van der Waals surface area contributed by atoms with Gasteiger partial charge in [-0.2, -0.15) is 0 Å². The summed E-state index contributed by atoms with van der Waals surface area (Å²) in [6, 6.07) is 3.72. The van der Waals surface area contributed by atoms with E-state index in [1.54, 1.807) is 6.92 Å². The van der Waals surface area contributed by atoms with E-state index in [4.69, 9.17) is 14.9 Å². The van der Waals surface area contributed by atoms with Crippen LogP contribution in [-0.4, -0.2) is 18.3 Å². The number of thioether (sulfide) groups is 1. The topological polar surface area (TPSA) is 65.5 Å². The van der Waals surface area contributed by atoms with Crippen LogP contribution in [-0.2, 0) is 21.8 Å². The van der Waals surface area contributed by atoms with Crippen LogP contribution in [0.15, 0.2) is 16.5 Å². The van der Waals surface area contributed by atoms with Crippen molar-refractivity contribution in [3.63, 3.8) is 0 Å². The van der Waals surface area contributed by atoms with Crippen LogP contribution in [0.1, 0.15) is 18.4 Å². The second-order valence-electron chi connectivity index (χ2n) is 2.87. The Bertz CT molecular complexity index is 311. The van der Waals surface area contributed by atoms with Gasteiger partial charge in [0.2, 0.25) is 0 Å². The Hall–Kier alpha value is -0.940. The standard InChI is InChI=1S/C10H15NO3S/c1-2-13-10(12)7-15-6-9-4-3-8(5-11)14-9/h3-4H,2,5-7,11H2,1H3. The summed E-state index contributed by atoms with van der Waals surface area (Å²) >= 11 is 1.47. The lowest BCUT2D eigenvalue weighted by Gasteiger charge is -2.00. The molecule has 0 fully saturated rings. The number of ether oxygens (including phenoxy) is 1. The van der Waals surface area contributed by atoms with Crippen molar-refractivity contribution in [1.82, 2.24) is 0 Å². The van der Waals surface area contributed by atoms with Gasteiger partial charge in [-0.15, -0.1) is 11.8 Å². The van der Waals surface area contributed by atoms with Crippen LogP contribution in [0.4, 0.5) is 0 Å². The molecule has 0 aromatic carbocycles.